The van der Waals surface area contributed by atoms with Gasteiger partial charge in [-0.05, 0) is 41.8 Å². The molecule has 0 atom stereocenters. The lowest BCUT2D eigenvalue weighted by atomic mass is 10.1. The number of fused-ring (bicyclic) bond motifs is 1. The first-order chi connectivity index (χ1) is 11.3. The monoisotopic (exact) mass is 348 g/mol. The van der Waals surface area contributed by atoms with Gasteiger partial charge in [0.25, 0.3) is 5.91 Å². The molecule has 3 rings (SSSR count). The summed E-state index contributed by atoms with van der Waals surface area (Å²) in [6.07, 6.45) is 0.739. The van der Waals surface area contributed by atoms with Gasteiger partial charge in [-0.1, -0.05) is 18.2 Å². The van der Waals surface area contributed by atoms with Crippen LogP contribution in [0.25, 0.3) is 0 Å². The maximum atomic E-state index is 12.1. The highest BCUT2D eigenvalue weighted by Gasteiger charge is 2.11. The Morgan fingerprint density at radius 1 is 1.00 bits per heavy atom. The van der Waals surface area contributed by atoms with E-state index in [1.54, 1.807) is 12.1 Å². The minimum absolute atomic E-state index is 0. The Morgan fingerprint density at radius 2 is 1.67 bits per heavy atom. The number of halogens is 1. The van der Waals surface area contributed by atoms with Crippen LogP contribution in [0.3, 0.4) is 0 Å². The standard InChI is InChI=1S/C18H20N2O3.ClH/c19-12-14-1-4-15(5-2-14)18(21)20-8-7-13-3-6-16-17(11-13)23-10-9-22-16;/h1-6,11H,7-10,12,19H2,(H,20,21);1H. The van der Waals surface area contributed by atoms with E-state index in [2.05, 4.69) is 5.32 Å². The van der Waals surface area contributed by atoms with Crippen molar-refractivity contribution in [2.45, 2.75) is 13.0 Å². The quantitative estimate of drug-likeness (QED) is 0.869. The summed E-state index contributed by atoms with van der Waals surface area (Å²) < 4.78 is 11.1. The summed E-state index contributed by atoms with van der Waals surface area (Å²) in [5, 5.41) is 2.92. The van der Waals surface area contributed by atoms with E-state index in [1.807, 2.05) is 30.3 Å². The van der Waals surface area contributed by atoms with E-state index in [1.165, 1.54) is 0 Å². The Balaban J connectivity index is 0.00000208. The fraction of sp³-hybridized carbons (Fsp3) is 0.278. The van der Waals surface area contributed by atoms with Crippen LogP contribution in [0.15, 0.2) is 42.5 Å². The smallest absolute Gasteiger partial charge is 0.251 e. The number of amides is 1. The lowest BCUT2D eigenvalue weighted by Gasteiger charge is -2.18. The van der Waals surface area contributed by atoms with Crippen LogP contribution in [0.5, 0.6) is 11.5 Å². The highest BCUT2D eigenvalue weighted by Crippen LogP contribution is 2.30. The zero-order valence-corrected chi connectivity index (χ0v) is 14.1. The number of benzene rings is 2. The largest absolute Gasteiger partial charge is 0.486 e. The van der Waals surface area contributed by atoms with E-state index in [0.717, 1.165) is 29.0 Å². The van der Waals surface area contributed by atoms with Crippen molar-refractivity contribution in [2.24, 2.45) is 5.73 Å². The molecule has 0 fully saturated rings. The molecule has 5 nitrogen and oxygen atoms in total. The predicted octanol–water partition coefficient (Wildman–Crippen LogP) is 2.31. The molecule has 1 amide bonds. The van der Waals surface area contributed by atoms with Gasteiger partial charge in [0.2, 0.25) is 0 Å². The Bertz CT molecular complexity index is 689. The van der Waals surface area contributed by atoms with E-state index in [0.29, 0.717) is 31.9 Å². The summed E-state index contributed by atoms with van der Waals surface area (Å²) in [5.41, 5.74) is 8.31. The van der Waals surface area contributed by atoms with Crippen molar-refractivity contribution in [3.8, 4) is 11.5 Å². The van der Waals surface area contributed by atoms with E-state index >= 15 is 0 Å². The van der Waals surface area contributed by atoms with Crippen LogP contribution in [0, 0.1) is 0 Å². The Labute approximate surface area is 147 Å². The fourth-order valence-electron chi connectivity index (χ4n) is 2.46. The van der Waals surface area contributed by atoms with Gasteiger partial charge in [0.1, 0.15) is 13.2 Å². The number of nitrogens with one attached hydrogen (secondary N) is 1. The van der Waals surface area contributed by atoms with Crippen molar-refractivity contribution in [3.05, 3.63) is 59.2 Å². The zero-order valence-electron chi connectivity index (χ0n) is 13.3. The second-order valence-electron chi connectivity index (χ2n) is 5.38. The molecule has 0 unspecified atom stereocenters. The number of nitrogens with two attached hydrogens (primary N) is 1. The van der Waals surface area contributed by atoms with Gasteiger partial charge in [-0.2, -0.15) is 0 Å². The van der Waals surface area contributed by atoms with Gasteiger partial charge in [0, 0.05) is 18.7 Å². The molecule has 0 radical (unpaired) electrons. The molecule has 1 heterocycles. The van der Waals surface area contributed by atoms with Gasteiger partial charge in [0.05, 0.1) is 0 Å². The molecule has 3 N–H and O–H groups in total. The first-order valence-electron chi connectivity index (χ1n) is 7.72. The summed E-state index contributed by atoms with van der Waals surface area (Å²) in [6.45, 7) is 2.21. The summed E-state index contributed by atoms with van der Waals surface area (Å²) in [6, 6.07) is 13.2. The van der Waals surface area contributed by atoms with Crippen LogP contribution >= 0.6 is 12.4 Å². The first kappa shape index (κ1) is 18.1. The highest BCUT2D eigenvalue weighted by molar-refractivity contribution is 5.94. The van der Waals surface area contributed by atoms with Gasteiger partial charge in [-0.3, -0.25) is 4.79 Å². The lowest BCUT2D eigenvalue weighted by molar-refractivity contribution is 0.0954. The maximum absolute atomic E-state index is 12.1. The second kappa shape index (κ2) is 8.57. The van der Waals surface area contributed by atoms with Crippen molar-refractivity contribution in [3.63, 3.8) is 0 Å². The Hall–Kier alpha value is -2.24. The van der Waals surface area contributed by atoms with Crippen LogP contribution in [-0.2, 0) is 13.0 Å². The van der Waals surface area contributed by atoms with E-state index in [-0.39, 0.29) is 18.3 Å². The van der Waals surface area contributed by atoms with Crippen LogP contribution in [0.4, 0.5) is 0 Å². The number of hydrogen-bond acceptors (Lipinski definition) is 4. The average molecular weight is 349 g/mol. The SMILES string of the molecule is Cl.NCc1ccc(C(=O)NCCc2ccc3c(c2)OCCO3)cc1. The molecule has 1 aliphatic rings. The van der Waals surface area contributed by atoms with Crippen LogP contribution in [0.2, 0.25) is 0 Å². The van der Waals surface area contributed by atoms with Crippen molar-refractivity contribution in [2.75, 3.05) is 19.8 Å². The predicted molar refractivity (Wildman–Crippen MR) is 95.1 cm³/mol. The van der Waals surface area contributed by atoms with Crippen molar-refractivity contribution in [1.29, 1.82) is 0 Å². The molecule has 0 aliphatic carbocycles. The van der Waals surface area contributed by atoms with Crippen LogP contribution < -0.4 is 20.5 Å². The molecule has 24 heavy (non-hydrogen) atoms. The molecule has 0 aromatic heterocycles. The minimum Gasteiger partial charge on any atom is -0.486 e. The number of ether oxygens (including phenoxy) is 2. The number of hydrogen-bond donors (Lipinski definition) is 2. The van der Waals surface area contributed by atoms with Crippen LogP contribution in [0.1, 0.15) is 21.5 Å². The van der Waals surface area contributed by atoms with Crippen molar-refractivity contribution < 1.29 is 14.3 Å². The number of carbonyl (C=O) groups excluding carboxylic acids is 1. The van der Waals surface area contributed by atoms with E-state index < -0.39 is 0 Å². The van der Waals surface area contributed by atoms with Crippen LogP contribution in [-0.4, -0.2) is 25.7 Å². The third kappa shape index (κ3) is 4.40. The molecule has 0 saturated carbocycles. The summed E-state index contributed by atoms with van der Waals surface area (Å²) in [7, 11) is 0. The molecular formula is C18H21ClN2O3. The molecular weight excluding hydrogens is 328 g/mol. The van der Waals surface area contributed by atoms with Crippen molar-refractivity contribution in [1.82, 2.24) is 5.32 Å². The molecule has 0 spiro atoms. The third-order valence-electron chi connectivity index (χ3n) is 3.76. The number of rotatable bonds is 5. The molecule has 2 aromatic carbocycles. The molecule has 0 saturated heterocycles. The van der Waals surface area contributed by atoms with E-state index in [4.69, 9.17) is 15.2 Å². The average Bonchev–Trinajstić information content (AvgIpc) is 2.61. The van der Waals surface area contributed by atoms with Gasteiger partial charge < -0.3 is 20.5 Å². The Kier molecular flexibility index (Phi) is 6.46. The fourth-order valence-corrected chi connectivity index (χ4v) is 2.46. The molecule has 1 aliphatic heterocycles. The summed E-state index contributed by atoms with van der Waals surface area (Å²) in [5.74, 6) is 1.48. The molecule has 2 aromatic rings. The molecule has 0 bridgehead atoms. The Morgan fingerprint density at radius 3 is 2.38 bits per heavy atom. The molecule has 6 heteroatoms. The molecule has 128 valence electrons. The lowest BCUT2D eigenvalue weighted by Crippen LogP contribution is -2.25. The zero-order chi connectivity index (χ0) is 16.1. The summed E-state index contributed by atoms with van der Waals surface area (Å²) in [4.78, 5) is 12.1. The highest BCUT2D eigenvalue weighted by atomic mass is 35.5. The maximum Gasteiger partial charge on any atom is 0.251 e. The second-order valence-corrected chi connectivity index (χ2v) is 5.38. The van der Waals surface area contributed by atoms with Gasteiger partial charge in [-0.25, -0.2) is 0 Å². The van der Waals surface area contributed by atoms with Gasteiger partial charge in [-0.15, -0.1) is 12.4 Å². The summed E-state index contributed by atoms with van der Waals surface area (Å²) >= 11 is 0. The topological polar surface area (TPSA) is 73.6 Å². The third-order valence-corrected chi connectivity index (χ3v) is 3.76. The van der Waals surface area contributed by atoms with Crippen molar-refractivity contribution >= 4 is 18.3 Å². The minimum atomic E-state index is -0.0777. The normalized spacial score (nSPS) is 12.2. The van der Waals surface area contributed by atoms with Gasteiger partial charge >= 0.3 is 0 Å². The van der Waals surface area contributed by atoms with E-state index in [9.17, 15) is 4.79 Å². The first-order valence-corrected chi connectivity index (χ1v) is 7.72. The van der Waals surface area contributed by atoms with Gasteiger partial charge in [0.15, 0.2) is 11.5 Å². The number of carbonyl (C=O) groups is 1.